The predicted molar refractivity (Wildman–Crippen MR) is 235 cm³/mol. The quantitative estimate of drug-likeness (QED) is 0.0350. The molecular formula is C46H67ClN5O8-. The van der Waals surface area contributed by atoms with Gasteiger partial charge in [0.25, 0.3) is 0 Å². The van der Waals surface area contributed by atoms with Crippen molar-refractivity contribution < 1.29 is 50.3 Å². The van der Waals surface area contributed by atoms with Gasteiger partial charge in [-0.3, -0.25) is 0 Å². The number of ether oxygens (including phenoxy) is 8. The summed E-state index contributed by atoms with van der Waals surface area (Å²) in [7, 11) is 1.66. The Labute approximate surface area is 364 Å². The summed E-state index contributed by atoms with van der Waals surface area (Å²) in [6.45, 7) is 18.9. The highest BCUT2D eigenvalue weighted by molar-refractivity contribution is 5.70. The molecule has 2 aliphatic rings. The minimum absolute atomic E-state index is 0. The maximum Gasteiger partial charge on any atom is 0.0701 e. The molecule has 0 amide bonds. The Morgan fingerprint density at radius 2 is 1.08 bits per heavy atom. The van der Waals surface area contributed by atoms with E-state index in [4.69, 9.17) is 43.4 Å². The van der Waals surface area contributed by atoms with Gasteiger partial charge in [-0.2, -0.15) is 0 Å². The normalized spacial score (nSPS) is 17.2. The summed E-state index contributed by atoms with van der Waals surface area (Å²) in [6, 6.07) is 17.5. The van der Waals surface area contributed by atoms with Crippen LogP contribution in [-0.2, 0) is 48.7 Å². The molecule has 0 saturated heterocycles. The number of nitrogens with zero attached hydrogens (tertiary/aromatic N) is 5. The molecule has 2 aromatic rings. The number of hydrogen-bond acceptors (Lipinski definition) is 11. The molecule has 332 valence electrons. The van der Waals surface area contributed by atoms with E-state index in [1.165, 1.54) is 28.2 Å². The molecule has 0 bridgehead atoms. The van der Waals surface area contributed by atoms with Crippen LogP contribution < -0.4 is 22.2 Å². The molecule has 2 aromatic carbocycles. The van der Waals surface area contributed by atoms with Crippen molar-refractivity contribution in [3.63, 3.8) is 0 Å². The van der Waals surface area contributed by atoms with Crippen LogP contribution in [0.2, 0.25) is 0 Å². The Bertz CT molecular complexity index is 1680. The summed E-state index contributed by atoms with van der Waals surface area (Å²) in [5, 5.41) is 3.42. The molecule has 2 heterocycles. The molecule has 1 atom stereocenters. The van der Waals surface area contributed by atoms with Gasteiger partial charge >= 0.3 is 0 Å². The van der Waals surface area contributed by atoms with Gasteiger partial charge in [0.2, 0.25) is 0 Å². The molecule has 0 aromatic heterocycles. The SMILES string of the molecule is COCCOCCOCCOCCN1c2ccccc2C(C)(C)C1/C=C/C=C/C=C/C=C1/N(CCOCCOCCOCCOCCN=[N+]=[N-])c2ccccc2C1(C)C.[Cl-]. The van der Waals surface area contributed by atoms with E-state index >= 15 is 0 Å². The van der Waals surface area contributed by atoms with Gasteiger partial charge in [-0.05, 0) is 34.9 Å². The van der Waals surface area contributed by atoms with Crippen LogP contribution in [0.5, 0.6) is 0 Å². The summed E-state index contributed by atoms with van der Waals surface area (Å²) in [5.74, 6) is 0. The molecule has 60 heavy (non-hydrogen) atoms. The van der Waals surface area contributed by atoms with E-state index in [1.807, 2.05) is 0 Å². The lowest BCUT2D eigenvalue weighted by Crippen LogP contribution is -3.00. The van der Waals surface area contributed by atoms with Crippen molar-refractivity contribution >= 4 is 11.4 Å². The summed E-state index contributed by atoms with van der Waals surface area (Å²) in [5.41, 5.74) is 14.4. The van der Waals surface area contributed by atoms with Crippen molar-refractivity contribution in [1.29, 1.82) is 0 Å². The first-order chi connectivity index (χ1) is 28.8. The van der Waals surface area contributed by atoms with E-state index in [2.05, 4.69) is 139 Å². The molecule has 0 aliphatic carbocycles. The molecule has 0 radical (unpaired) electrons. The van der Waals surface area contributed by atoms with Crippen LogP contribution in [0.1, 0.15) is 38.8 Å². The molecular weight excluding hydrogens is 786 g/mol. The van der Waals surface area contributed by atoms with Crippen molar-refractivity contribution in [2.45, 2.75) is 44.6 Å². The number of fused-ring (bicyclic) bond motifs is 2. The molecule has 0 spiro atoms. The Morgan fingerprint density at radius 1 is 0.600 bits per heavy atom. The summed E-state index contributed by atoms with van der Waals surface area (Å²) in [4.78, 5) is 7.53. The van der Waals surface area contributed by atoms with E-state index in [9.17, 15) is 0 Å². The zero-order valence-electron chi connectivity index (χ0n) is 36.3. The summed E-state index contributed by atoms with van der Waals surface area (Å²) < 4.78 is 44.5. The fourth-order valence-electron chi connectivity index (χ4n) is 7.38. The highest BCUT2D eigenvalue weighted by Gasteiger charge is 2.42. The van der Waals surface area contributed by atoms with Gasteiger partial charge in [-0.1, -0.05) is 106 Å². The molecule has 0 N–H and O–H groups in total. The summed E-state index contributed by atoms with van der Waals surface area (Å²) >= 11 is 0. The Hall–Kier alpha value is -3.72. The third-order valence-corrected chi connectivity index (χ3v) is 10.4. The maximum absolute atomic E-state index is 8.27. The van der Waals surface area contributed by atoms with E-state index in [1.54, 1.807) is 7.11 Å². The largest absolute Gasteiger partial charge is 1.00 e. The molecule has 14 heteroatoms. The highest BCUT2D eigenvalue weighted by Crippen LogP contribution is 2.47. The van der Waals surface area contributed by atoms with Crippen LogP contribution in [0.3, 0.4) is 0 Å². The van der Waals surface area contributed by atoms with Crippen molar-refractivity contribution in [3.8, 4) is 0 Å². The second-order valence-corrected chi connectivity index (χ2v) is 15.1. The average molecular weight is 854 g/mol. The monoisotopic (exact) mass is 852 g/mol. The van der Waals surface area contributed by atoms with Crippen LogP contribution in [0, 0.1) is 0 Å². The number of allylic oxidation sites excluding steroid dienone is 7. The number of methoxy groups -OCH3 is 1. The van der Waals surface area contributed by atoms with Crippen molar-refractivity contribution in [3.05, 3.63) is 118 Å². The van der Waals surface area contributed by atoms with Gasteiger partial charge in [0.05, 0.1) is 105 Å². The zero-order valence-corrected chi connectivity index (χ0v) is 37.1. The van der Waals surface area contributed by atoms with Crippen LogP contribution in [0.25, 0.3) is 10.4 Å². The number of halogens is 1. The van der Waals surface area contributed by atoms with E-state index in [0.717, 1.165) is 13.1 Å². The first kappa shape index (κ1) is 50.6. The second kappa shape index (κ2) is 28.7. The van der Waals surface area contributed by atoms with Gasteiger partial charge in [0.15, 0.2) is 0 Å². The number of para-hydroxylation sites is 2. The fraction of sp³-hybridized carbons (Fsp3) is 0.565. The topological polar surface area (TPSA) is 129 Å². The van der Waals surface area contributed by atoms with Crippen molar-refractivity contribution in [2.75, 3.05) is 136 Å². The Morgan fingerprint density at radius 3 is 1.68 bits per heavy atom. The van der Waals surface area contributed by atoms with Crippen LogP contribution in [-0.4, -0.2) is 132 Å². The first-order valence-electron chi connectivity index (χ1n) is 20.8. The predicted octanol–water partition coefficient (Wildman–Crippen LogP) is 4.58. The van der Waals surface area contributed by atoms with Crippen LogP contribution in [0.15, 0.2) is 102 Å². The molecule has 2 aliphatic heterocycles. The van der Waals surface area contributed by atoms with Crippen molar-refractivity contribution in [2.24, 2.45) is 5.11 Å². The van der Waals surface area contributed by atoms with Gasteiger partial charge in [-0.15, -0.1) is 0 Å². The lowest BCUT2D eigenvalue weighted by molar-refractivity contribution is -0.000184. The zero-order chi connectivity index (χ0) is 42.0. The molecule has 1 unspecified atom stereocenters. The molecule has 0 saturated carbocycles. The van der Waals surface area contributed by atoms with Crippen molar-refractivity contribution in [1.82, 2.24) is 0 Å². The van der Waals surface area contributed by atoms with E-state index < -0.39 is 0 Å². The number of anilines is 2. The standard InChI is InChI=1S/C46H67N5O8.ClH/c1-45(2)39-15-11-13-17-41(39)50(22-25-54-30-33-58-36-35-56-28-27-52-5)43(45)19-9-7-6-8-10-20-44-46(3,4)40-16-12-14-18-42(40)51(44)23-26-55-31-34-59-38-37-57-32-29-53-24-21-48-49-47;/h6-20,43H,21-38H2,1-5H3;1H/p-1/b7-6+,10-8+,19-9+,44-20+;. The van der Waals surface area contributed by atoms with E-state index in [-0.39, 0.29) is 29.3 Å². The smallest absolute Gasteiger partial charge is 0.0701 e. The lowest BCUT2D eigenvalue weighted by Gasteiger charge is -2.32. The second-order valence-electron chi connectivity index (χ2n) is 15.1. The average Bonchev–Trinajstić information content (AvgIpc) is 3.58. The van der Waals surface area contributed by atoms with Gasteiger partial charge in [-0.25, -0.2) is 0 Å². The van der Waals surface area contributed by atoms with Gasteiger partial charge < -0.3 is 60.1 Å². The minimum atomic E-state index is -0.147. The number of azide groups is 1. The summed E-state index contributed by atoms with van der Waals surface area (Å²) in [6.07, 6.45) is 15.1. The molecule has 0 fully saturated rings. The van der Waals surface area contributed by atoms with Gasteiger partial charge in [0, 0.05) is 59.6 Å². The number of rotatable bonds is 31. The maximum atomic E-state index is 8.27. The Balaban J connectivity index is 0.00000961. The Kier molecular flexibility index (Phi) is 24.3. The van der Waals surface area contributed by atoms with E-state index in [0.29, 0.717) is 106 Å². The lowest BCUT2D eigenvalue weighted by atomic mass is 9.80. The number of benzene rings is 2. The molecule has 4 rings (SSSR count). The third-order valence-electron chi connectivity index (χ3n) is 10.4. The minimum Gasteiger partial charge on any atom is -1.00 e. The van der Waals surface area contributed by atoms with Crippen LogP contribution in [0.4, 0.5) is 11.4 Å². The molecule has 13 nitrogen and oxygen atoms in total. The third kappa shape index (κ3) is 16.0. The van der Waals surface area contributed by atoms with Gasteiger partial charge in [0.1, 0.15) is 0 Å². The first-order valence-corrected chi connectivity index (χ1v) is 20.8. The fourth-order valence-corrected chi connectivity index (χ4v) is 7.38. The number of hydrogen-bond donors (Lipinski definition) is 0. The van der Waals surface area contributed by atoms with Crippen LogP contribution >= 0.6 is 0 Å². The highest BCUT2D eigenvalue weighted by atomic mass is 35.5.